The standard InChI is InChI=1S/C9H8O4.C6H7NO2/c10-7-3-1-6(5-8(7)11)2-4-9(12)13;7-4-1-2-5(8)6(9)3-4/h1-5,10-11H,(H,12,13);1-3,8-9H,7H2/b4-2+;. The van der Waals surface area contributed by atoms with Gasteiger partial charge in [0.1, 0.15) is 0 Å². The minimum absolute atomic E-state index is 0.149. The zero-order valence-electron chi connectivity index (χ0n) is 11.3. The number of aliphatic carboxylic acids is 1. The first kappa shape index (κ1) is 16.7. The van der Waals surface area contributed by atoms with Crippen molar-refractivity contribution in [3.63, 3.8) is 0 Å². The van der Waals surface area contributed by atoms with E-state index in [1.807, 2.05) is 0 Å². The number of carboxylic acid groups (broad SMARTS) is 1. The van der Waals surface area contributed by atoms with Crippen LogP contribution in [0.2, 0.25) is 0 Å². The van der Waals surface area contributed by atoms with Gasteiger partial charge in [-0.25, -0.2) is 4.79 Å². The van der Waals surface area contributed by atoms with Crippen molar-refractivity contribution in [2.75, 3.05) is 5.73 Å². The summed E-state index contributed by atoms with van der Waals surface area (Å²) >= 11 is 0. The Morgan fingerprint density at radius 1 is 0.864 bits per heavy atom. The van der Waals surface area contributed by atoms with Crippen LogP contribution in [0.1, 0.15) is 5.56 Å². The Kier molecular flexibility index (Phi) is 5.65. The van der Waals surface area contributed by atoms with Crippen LogP contribution in [-0.4, -0.2) is 31.5 Å². The van der Waals surface area contributed by atoms with Gasteiger partial charge in [0.25, 0.3) is 0 Å². The van der Waals surface area contributed by atoms with E-state index in [-0.39, 0.29) is 23.0 Å². The topological polar surface area (TPSA) is 144 Å². The Hall–Kier alpha value is -3.35. The molecule has 0 fully saturated rings. The van der Waals surface area contributed by atoms with Gasteiger partial charge < -0.3 is 31.3 Å². The Morgan fingerprint density at radius 2 is 1.41 bits per heavy atom. The van der Waals surface area contributed by atoms with Gasteiger partial charge in [-0.3, -0.25) is 0 Å². The number of carbonyl (C=O) groups is 1. The maximum Gasteiger partial charge on any atom is 0.328 e. The molecular formula is C15H15NO6. The lowest BCUT2D eigenvalue weighted by atomic mass is 10.2. The highest BCUT2D eigenvalue weighted by molar-refractivity contribution is 5.85. The van der Waals surface area contributed by atoms with Crippen molar-refractivity contribution in [1.82, 2.24) is 0 Å². The maximum atomic E-state index is 10.1. The first-order chi connectivity index (χ1) is 10.3. The second-order valence-corrected chi connectivity index (χ2v) is 4.17. The third-order valence-corrected chi connectivity index (χ3v) is 2.42. The highest BCUT2D eigenvalue weighted by Gasteiger charge is 1.98. The molecule has 2 aromatic carbocycles. The predicted molar refractivity (Wildman–Crippen MR) is 80.6 cm³/mol. The smallest absolute Gasteiger partial charge is 0.328 e. The van der Waals surface area contributed by atoms with Crippen molar-refractivity contribution in [1.29, 1.82) is 0 Å². The number of hydrogen-bond acceptors (Lipinski definition) is 6. The van der Waals surface area contributed by atoms with E-state index in [1.54, 1.807) is 0 Å². The molecule has 0 amide bonds. The van der Waals surface area contributed by atoms with Gasteiger partial charge in [0.05, 0.1) is 0 Å². The zero-order valence-corrected chi connectivity index (χ0v) is 11.3. The number of rotatable bonds is 2. The molecule has 0 saturated carbocycles. The van der Waals surface area contributed by atoms with E-state index in [9.17, 15) is 4.79 Å². The van der Waals surface area contributed by atoms with Crippen LogP contribution in [0.25, 0.3) is 6.08 Å². The fraction of sp³-hybridized carbons (Fsp3) is 0. The van der Waals surface area contributed by atoms with Crippen LogP contribution in [0.4, 0.5) is 5.69 Å². The van der Waals surface area contributed by atoms with E-state index in [0.29, 0.717) is 11.3 Å². The molecule has 7 nitrogen and oxygen atoms in total. The third kappa shape index (κ3) is 5.33. The van der Waals surface area contributed by atoms with Crippen LogP contribution < -0.4 is 5.73 Å². The molecule has 0 aliphatic rings. The van der Waals surface area contributed by atoms with Crippen molar-refractivity contribution < 1.29 is 30.3 Å². The summed E-state index contributed by atoms with van der Waals surface area (Å²) in [5.41, 5.74) is 6.20. The summed E-state index contributed by atoms with van der Waals surface area (Å²) in [6.45, 7) is 0. The SMILES string of the molecule is Nc1ccc(O)c(O)c1.O=C(O)/C=C/c1ccc(O)c(O)c1. The largest absolute Gasteiger partial charge is 0.504 e. The number of carboxylic acids is 1. The average Bonchev–Trinajstić information content (AvgIpc) is 2.45. The molecule has 0 radical (unpaired) electrons. The highest BCUT2D eigenvalue weighted by atomic mass is 16.4. The molecule has 0 aliphatic carbocycles. The van der Waals surface area contributed by atoms with Crippen molar-refractivity contribution >= 4 is 17.7 Å². The summed E-state index contributed by atoms with van der Waals surface area (Å²) in [6, 6.07) is 8.19. The molecule has 22 heavy (non-hydrogen) atoms. The van der Waals surface area contributed by atoms with Crippen LogP contribution in [0.15, 0.2) is 42.5 Å². The lowest BCUT2D eigenvalue weighted by molar-refractivity contribution is -0.131. The first-order valence-electron chi connectivity index (χ1n) is 6.00. The van der Waals surface area contributed by atoms with E-state index in [0.717, 1.165) is 6.08 Å². The molecule has 0 unspecified atom stereocenters. The maximum absolute atomic E-state index is 10.1. The van der Waals surface area contributed by atoms with Gasteiger partial charge in [-0.1, -0.05) is 6.07 Å². The van der Waals surface area contributed by atoms with Crippen LogP contribution >= 0.6 is 0 Å². The molecule has 7 heteroatoms. The molecule has 2 rings (SSSR count). The lowest BCUT2D eigenvalue weighted by Crippen LogP contribution is -1.85. The number of hydrogen-bond donors (Lipinski definition) is 6. The van der Waals surface area contributed by atoms with E-state index in [2.05, 4.69) is 0 Å². The second kappa shape index (κ2) is 7.44. The lowest BCUT2D eigenvalue weighted by Gasteiger charge is -1.97. The quantitative estimate of drug-likeness (QED) is 0.215. The average molecular weight is 305 g/mol. The fourth-order valence-corrected chi connectivity index (χ4v) is 1.35. The van der Waals surface area contributed by atoms with Crippen molar-refractivity contribution in [3.8, 4) is 23.0 Å². The van der Waals surface area contributed by atoms with Crippen LogP contribution in [0.3, 0.4) is 0 Å². The predicted octanol–water partition coefficient (Wildman–Crippen LogP) is 1.88. The van der Waals surface area contributed by atoms with Crippen molar-refractivity contribution in [2.45, 2.75) is 0 Å². The minimum Gasteiger partial charge on any atom is -0.504 e. The summed E-state index contributed by atoms with van der Waals surface area (Å²) in [5, 5.41) is 43.8. The van der Waals surface area contributed by atoms with Crippen molar-refractivity contribution in [2.24, 2.45) is 0 Å². The number of phenols is 4. The zero-order chi connectivity index (χ0) is 16.7. The highest BCUT2D eigenvalue weighted by Crippen LogP contribution is 2.26. The Balaban J connectivity index is 0.000000235. The number of aromatic hydroxyl groups is 4. The fourth-order valence-electron chi connectivity index (χ4n) is 1.35. The number of anilines is 1. The molecule has 2 aromatic rings. The summed E-state index contributed by atoms with van der Waals surface area (Å²) < 4.78 is 0. The number of nitrogen functional groups attached to an aromatic ring is 1. The normalized spacial score (nSPS) is 10.0. The molecule has 0 bridgehead atoms. The number of phenolic OH excluding ortho intramolecular Hbond substituents is 4. The van der Waals surface area contributed by atoms with E-state index < -0.39 is 5.97 Å². The van der Waals surface area contributed by atoms with Crippen LogP contribution in [-0.2, 0) is 4.79 Å². The molecular weight excluding hydrogens is 290 g/mol. The molecule has 0 heterocycles. The monoisotopic (exact) mass is 305 g/mol. The van der Waals surface area contributed by atoms with E-state index >= 15 is 0 Å². The minimum atomic E-state index is -1.06. The van der Waals surface area contributed by atoms with Gasteiger partial charge in [0.15, 0.2) is 23.0 Å². The molecule has 116 valence electrons. The van der Waals surface area contributed by atoms with Crippen LogP contribution in [0, 0.1) is 0 Å². The Labute approximate surface area is 125 Å². The van der Waals surface area contributed by atoms with Gasteiger partial charge >= 0.3 is 5.97 Å². The number of benzene rings is 2. The summed E-state index contributed by atoms with van der Waals surface area (Å²) in [6.07, 6.45) is 2.27. The van der Waals surface area contributed by atoms with Gasteiger partial charge in [-0.05, 0) is 35.9 Å². The van der Waals surface area contributed by atoms with Crippen LogP contribution in [0.5, 0.6) is 23.0 Å². The Morgan fingerprint density at radius 3 is 1.86 bits per heavy atom. The van der Waals surface area contributed by atoms with Gasteiger partial charge in [0.2, 0.25) is 0 Å². The summed E-state index contributed by atoms with van der Waals surface area (Å²) in [4.78, 5) is 10.1. The molecule has 7 N–H and O–H groups in total. The van der Waals surface area contributed by atoms with Gasteiger partial charge in [-0.2, -0.15) is 0 Å². The molecule has 0 aromatic heterocycles. The van der Waals surface area contributed by atoms with Gasteiger partial charge in [-0.15, -0.1) is 0 Å². The molecule has 0 aliphatic heterocycles. The molecule has 0 atom stereocenters. The molecule has 0 saturated heterocycles. The summed E-state index contributed by atoms with van der Waals surface area (Å²) in [5.74, 6) is -1.90. The van der Waals surface area contributed by atoms with Gasteiger partial charge in [0, 0.05) is 17.8 Å². The second-order valence-electron chi connectivity index (χ2n) is 4.17. The first-order valence-corrected chi connectivity index (χ1v) is 6.00. The Bertz CT molecular complexity index is 696. The molecule has 0 spiro atoms. The summed E-state index contributed by atoms with van der Waals surface area (Å²) in [7, 11) is 0. The third-order valence-electron chi connectivity index (χ3n) is 2.42. The van der Waals surface area contributed by atoms with E-state index in [4.69, 9.17) is 31.3 Å². The van der Waals surface area contributed by atoms with E-state index in [1.165, 1.54) is 42.5 Å². The van der Waals surface area contributed by atoms with Crippen molar-refractivity contribution in [3.05, 3.63) is 48.0 Å². The number of nitrogens with two attached hydrogens (primary N) is 1.